The molecule has 1 unspecified atom stereocenters. The van der Waals surface area contributed by atoms with E-state index >= 15 is 0 Å². The third-order valence-electron chi connectivity index (χ3n) is 3.64. The predicted molar refractivity (Wildman–Crippen MR) is 106 cm³/mol. The Kier molecular flexibility index (Phi) is 6.53. The van der Waals surface area contributed by atoms with E-state index in [0.29, 0.717) is 23.1 Å². The molecular formula is C18H17BrClNO3S. The lowest BCUT2D eigenvalue weighted by Gasteiger charge is -2.15. The Morgan fingerprint density at radius 2 is 2.32 bits per heavy atom. The van der Waals surface area contributed by atoms with Crippen molar-refractivity contribution in [2.24, 2.45) is 0 Å². The van der Waals surface area contributed by atoms with Crippen LogP contribution < -0.4 is 10.1 Å². The van der Waals surface area contributed by atoms with Gasteiger partial charge in [-0.15, -0.1) is 11.3 Å². The number of halogens is 2. The molecule has 3 rings (SSSR count). The van der Waals surface area contributed by atoms with Crippen LogP contribution in [0.2, 0.25) is 5.02 Å². The molecule has 25 heavy (non-hydrogen) atoms. The average molecular weight is 443 g/mol. The molecule has 1 aromatic heterocycles. The van der Waals surface area contributed by atoms with Crippen molar-refractivity contribution in [3.63, 3.8) is 0 Å². The Labute approximate surface area is 163 Å². The van der Waals surface area contributed by atoms with Crippen molar-refractivity contribution < 1.29 is 14.3 Å². The first-order chi connectivity index (χ1) is 12.1. The van der Waals surface area contributed by atoms with Gasteiger partial charge in [-0.1, -0.05) is 11.6 Å². The number of hydrogen-bond donors (Lipinski definition) is 1. The maximum absolute atomic E-state index is 12.2. The first-order valence-corrected chi connectivity index (χ1v) is 9.87. The summed E-state index contributed by atoms with van der Waals surface area (Å²) in [6.07, 6.45) is 5.41. The second-order valence-electron chi connectivity index (χ2n) is 5.55. The Bertz CT molecular complexity index is 771. The summed E-state index contributed by atoms with van der Waals surface area (Å²) in [5, 5.41) is 3.35. The van der Waals surface area contributed by atoms with E-state index in [0.717, 1.165) is 28.1 Å². The van der Waals surface area contributed by atoms with Gasteiger partial charge in [0.15, 0.2) is 0 Å². The second kappa shape index (κ2) is 8.85. The third kappa shape index (κ3) is 5.57. The maximum atomic E-state index is 12.2. The zero-order chi connectivity index (χ0) is 17.6. The number of amides is 1. The van der Waals surface area contributed by atoms with E-state index in [1.54, 1.807) is 35.6 Å². The van der Waals surface area contributed by atoms with E-state index in [9.17, 15) is 4.79 Å². The van der Waals surface area contributed by atoms with E-state index in [-0.39, 0.29) is 12.0 Å². The first kappa shape index (κ1) is 18.5. The van der Waals surface area contributed by atoms with Crippen LogP contribution >= 0.6 is 38.9 Å². The van der Waals surface area contributed by atoms with Gasteiger partial charge in [-0.2, -0.15) is 0 Å². The number of rotatable bonds is 6. The topological polar surface area (TPSA) is 47.6 Å². The summed E-state index contributed by atoms with van der Waals surface area (Å²) >= 11 is 11.0. The molecule has 1 aromatic carbocycles. The van der Waals surface area contributed by atoms with Crippen LogP contribution in [-0.4, -0.2) is 25.2 Å². The molecule has 132 valence electrons. The summed E-state index contributed by atoms with van der Waals surface area (Å²) < 4.78 is 12.4. The monoisotopic (exact) mass is 441 g/mol. The smallest absolute Gasteiger partial charge is 0.248 e. The largest absolute Gasteiger partial charge is 0.489 e. The van der Waals surface area contributed by atoms with Gasteiger partial charge < -0.3 is 14.8 Å². The van der Waals surface area contributed by atoms with Crippen molar-refractivity contribution >= 4 is 56.5 Å². The number of carbonyl (C=O) groups excluding carboxylic acids is 1. The van der Waals surface area contributed by atoms with E-state index in [2.05, 4.69) is 21.2 Å². The highest BCUT2D eigenvalue weighted by Crippen LogP contribution is 2.29. The summed E-state index contributed by atoms with van der Waals surface area (Å²) in [6.45, 7) is 1.24. The average Bonchev–Trinajstić information content (AvgIpc) is 3.24. The fourth-order valence-electron chi connectivity index (χ4n) is 2.43. The predicted octanol–water partition coefficient (Wildman–Crippen LogP) is 5.37. The summed E-state index contributed by atoms with van der Waals surface area (Å²) in [5.41, 5.74) is 0.549. The van der Waals surface area contributed by atoms with Crippen LogP contribution in [0.15, 0.2) is 40.2 Å². The fraction of sp³-hybridized carbons (Fsp3) is 0.278. The molecule has 0 bridgehead atoms. The van der Waals surface area contributed by atoms with Crippen molar-refractivity contribution in [1.29, 1.82) is 0 Å². The lowest BCUT2D eigenvalue weighted by Crippen LogP contribution is -2.17. The highest BCUT2D eigenvalue weighted by molar-refractivity contribution is 9.11. The van der Waals surface area contributed by atoms with Crippen molar-refractivity contribution in [3.8, 4) is 5.75 Å². The second-order valence-corrected chi connectivity index (χ2v) is 8.48. The minimum absolute atomic E-state index is 0.108. The Hall–Kier alpha value is -1.34. The highest BCUT2D eigenvalue weighted by Gasteiger charge is 2.17. The van der Waals surface area contributed by atoms with Gasteiger partial charge >= 0.3 is 0 Å². The zero-order valence-corrected chi connectivity index (χ0v) is 16.5. The summed E-state index contributed by atoms with van der Waals surface area (Å²) in [7, 11) is 0. The molecule has 1 amide bonds. The van der Waals surface area contributed by atoms with Crippen LogP contribution in [0.3, 0.4) is 0 Å². The Balaban J connectivity index is 1.64. The van der Waals surface area contributed by atoms with Gasteiger partial charge in [0.05, 0.1) is 15.6 Å². The lowest BCUT2D eigenvalue weighted by atomic mass is 10.2. The lowest BCUT2D eigenvalue weighted by molar-refractivity contribution is -0.111. The number of benzene rings is 1. The van der Waals surface area contributed by atoms with E-state index in [4.69, 9.17) is 21.1 Å². The van der Waals surface area contributed by atoms with Gasteiger partial charge in [0.2, 0.25) is 5.91 Å². The standard InChI is InChI=1S/C18H17BrClNO3S/c19-17-7-4-14(25-17)5-8-18(22)21-15-10-12(20)3-6-16(15)24-11-13-2-1-9-23-13/h3-8,10,13H,1-2,9,11H2,(H,21,22)/b8-5+. The molecule has 1 fully saturated rings. The summed E-state index contributed by atoms with van der Waals surface area (Å²) in [5.74, 6) is 0.342. The fourth-order valence-corrected chi connectivity index (χ4v) is 3.93. The third-order valence-corrected chi connectivity index (χ3v) is 5.47. The highest BCUT2D eigenvalue weighted by atomic mass is 79.9. The minimum atomic E-state index is -0.242. The van der Waals surface area contributed by atoms with E-state index in [1.807, 2.05) is 12.1 Å². The molecule has 1 aliphatic rings. The summed E-state index contributed by atoms with van der Waals surface area (Å²) in [4.78, 5) is 13.2. The van der Waals surface area contributed by atoms with Gasteiger partial charge in [0.25, 0.3) is 0 Å². The molecule has 0 saturated carbocycles. The molecule has 0 spiro atoms. The van der Waals surface area contributed by atoms with Gasteiger partial charge in [-0.25, -0.2) is 0 Å². The molecule has 0 radical (unpaired) electrons. The quantitative estimate of drug-likeness (QED) is 0.612. The van der Waals surface area contributed by atoms with E-state index < -0.39 is 0 Å². The van der Waals surface area contributed by atoms with Gasteiger partial charge in [-0.3, -0.25) is 4.79 Å². The first-order valence-electron chi connectivity index (χ1n) is 7.88. The molecule has 4 nitrogen and oxygen atoms in total. The van der Waals surface area contributed by atoms with Gasteiger partial charge in [-0.05, 0) is 65.2 Å². The van der Waals surface area contributed by atoms with Crippen molar-refractivity contribution in [3.05, 3.63) is 50.1 Å². The molecule has 2 heterocycles. The van der Waals surface area contributed by atoms with Crippen LogP contribution in [0.5, 0.6) is 5.75 Å². The van der Waals surface area contributed by atoms with Crippen LogP contribution in [0.4, 0.5) is 5.69 Å². The number of anilines is 1. The Morgan fingerprint density at radius 3 is 3.04 bits per heavy atom. The van der Waals surface area contributed by atoms with Gasteiger partial charge in [0, 0.05) is 22.6 Å². The molecule has 1 atom stereocenters. The minimum Gasteiger partial charge on any atom is -0.489 e. The van der Waals surface area contributed by atoms with Crippen molar-refractivity contribution in [1.82, 2.24) is 0 Å². The molecule has 7 heteroatoms. The molecule has 1 aliphatic heterocycles. The van der Waals surface area contributed by atoms with Gasteiger partial charge in [0.1, 0.15) is 12.4 Å². The van der Waals surface area contributed by atoms with Crippen LogP contribution in [0.1, 0.15) is 17.7 Å². The normalized spacial score (nSPS) is 17.1. The van der Waals surface area contributed by atoms with Crippen molar-refractivity contribution in [2.45, 2.75) is 18.9 Å². The SMILES string of the molecule is O=C(/C=C/c1ccc(Br)s1)Nc1cc(Cl)ccc1OCC1CCCO1. The molecule has 1 N–H and O–H groups in total. The summed E-state index contributed by atoms with van der Waals surface area (Å²) in [6, 6.07) is 9.05. The van der Waals surface area contributed by atoms with Crippen molar-refractivity contribution in [2.75, 3.05) is 18.5 Å². The van der Waals surface area contributed by atoms with Crippen LogP contribution in [-0.2, 0) is 9.53 Å². The Morgan fingerprint density at radius 1 is 1.44 bits per heavy atom. The number of carbonyl (C=O) groups is 1. The molecular weight excluding hydrogens is 426 g/mol. The number of nitrogens with one attached hydrogen (secondary N) is 1. The number of hydrogen-bond acceptors (Lipinski definition) is 4. The van der Waals surface area contributed by atoms with Crippen LogP contribution in [0.25, 0.3) is 6.08 Å². The number of thiophene rings is 1. The molecule has 0 aliphatic carbocycles. The van der Waals surface area contributed by atoms with E-state index in [1.165, 1.54) is 6.08 Å². The maximum Gasteiger partial charge on any atom is 0.248 e. The zero-order valence-electron chi connectivity index (χ0n) is 13.3. The molecule has 2 aromatic rings. The number of ether oxygens (including phenoxy) is 2. The molecule has 1 saturated heterocycles. The van der Waals surface area contributed by atoms with Crippen LogP contribution in [0, 0.1) is 0 Å².